The summed E-state index contributed by atoms with van der Waals surface area (Å²) in [6.45, 7) is 1.35. The molecule has 74 valence electrons. The van der Waals surface area contributed by atoms with Gasteiger partial charge in [-0.15, -0.1) is 0 Å². The van der Waals surface area contributed by atoms with E-state index in [1.807, 2.05) is 0 Å². The third-order valence-electron chi connectivity index (χ3n) is 1.26. The molecule has 0 heterocycles. The highest BCUT2D eigenvalue weighted by atomic mass is 16.5. The van der Waals surface area contributed by atoms with Crippen LogP contribution in [0.5, 0.6) is 0 Å². The molecule has 1 amide bonds. The van der Waals surface area contributed by atoms with Crippen LogP contribution in [-0.4, -0.2) is 37.4 Å². The van der Waals surface area contributed by atoms with Crippen LogP contribution in [0, 0.1) is 11.3 Å². The largest absolute Gasteiger partial charge is 0.394 e. The number of rotatable bonds is 7. The fraction of sp³-hybridized carbons (Fsp3) is 0.750. The molecule has 0 aliphatic heterocycles. The Kier molecular flexibility index (Phi) is 8.20. The van der Waals surface area contributed by atoms with Crippen LogP contribution >= 0.6 is 0 Å². The van der Waals surface area contributed by atoms with Gasteiger partial charge in [0, 0.05) is 13.2 Å². The van der Waals surface area contributed by atoms with Crippen LogP contribution in [-0.2, 0) is 9.53 Å². The predicted octanol–water partition coefficient (Wildman–Crippen LogP) is -0.585. The maximum absolute atomic E-state index is 10.7. The van der Waals surface area contributed by atoms with Crippen LogP contribution in [0.2, 0.25) is 0 Å². The van der Waals surface area contributed by atoms with Gasteiger partial charge < -0.3 is 15.2 Å². The number of carbonyl (C=O) groups is 1. The highest BCUT2D eigenvalue weighted by Gasteiger charge is 1.97. The van der Waals surface area contributed by atoms with Crippen LogP contribution in [0.15, 0.2) is 0 Å². The van der Waals surface area contributed by atoms with E-state index in [2.05, 4.69) is 5.32 Å². The van der Waals surface area contributed by atoms with Crippen molar-refractivity contribution in [2.45, 2.75) is 12.8 Å². The first kappa shape index (κ1) is 11.9. The van der Waals surface area contributed by atoms with E-state index in [4.69, 9.17) is 15.1 Å². The van der Waals surface area contributed by atoms with Gasteiger partial charge >= 0.3 is 0 Å². The van der Waals surface area contributed by atoms with Crippen molar-refractivity contribution in [2.75, 3.05) is 26.4 Å². The van der Waals surface area contributed by atoms with Gasteiger partial charge in [-0.2, -0.15) is 5.26 Å². The average Bonchev–Trinajstić information content (AvgIpc) is 2.11. The number of aliphatic hydroxyl groups excluding tert-OH is 1. The number of ether oxygens (including phenoxy) is 1. The zero-order chi connectivity index (χ0) is 9.94. The van der Waals surface area contributed by atoms with Gasteiger partial charge in [0.25, 0.3) is 0 Å². The zero-order valence-electron chi connectivity index (χ0n) is 7.45. The minimum absolute atomic E-state index is 0.0147. The Bertz CT molecular complexity index is 177. The quantitative estimate of drug-likeness (QED) is 0.521. The van der Waals surface area contributed by atoms with Gasteiger partial charge in [0.15, 0.2) is 0 Å². The van der Waals surface area contributed by atoms with E-state index in [-0.39, 0.29) is 18.9 Å². The molecule has 2 N–H and O–H groups in total. The molecule has 0 unspecified atom stereocenters. The monoisotopic (exact) mass is 186 g/mol. The lowest BCUT2D eigenvalue weighted by molar-refractivity contribution is -0.120. The molecule has 0 spiro atoms. The SMILES string of the molecule is N#CCC(=O)NCCCOCCO. The van der Waals surface area contributed by atoms with Crippen molar-refractivity contribution in [1.29, 1.82) is 5.26 Å². The van der Waals surface area contributed by atoms with E-state index in [1.165, 1.54) is 0 Å². The molecule has 0 radical (unpaired) electrons. The van der Waals surface area contributed by atoms with Crippen molar-refractivity contribution < 1.29 is 14.6 Å². The first-order chi connectivity index (χ1) is 6.31. The molecule has 0 aromatic heterocycles. The number of nitrogens with zero attached hydrogens (tertiary/aromatic N) is 1. The summed E-state index contributed by atoms with van der Waals surface area (Å²) in [5, 5.41) is 19.1. The van der Waals surface area contributed by atoms with Crippen molar-refractivity contribution in [3.05, 3.63) is 0 Å². The molecule has 0 fully saturated rings. The normalized spacial score (nSPS) is 9.23. The second-order valence-electron chi connectivity index (χ2n) is 2.37. The molecule has 0 aromatic rings. The molecule has 0 aromatic carbocycles. The Hall–Kier alpha value is -1.12. The number of hydrogen-bond acceptors (Lipinski definition) is 4. The lowest BCUT2D eigenvalue weighted by atomic mass is 10.4. The smallest absolute Gasteiger partial charge is 0.234 e. The summed E-state index contributed by atoms with van der Waals surface area (Å²) in [4.78, 5) is 10.7. The number of hydrogen-bond donors (Lipinski definition) is 2. The van der Waals surface area contributed by atoms with E-state index < -0.39 is 0 Å². The van der Waals surface area contributed by atoms with E-state index in [0.29, 0.717) is 26.2 Å². The molecule has 0 atom stereocenters. The number of amides is 1. The Balaban J connectivity index is 3.08. The van der Waals surface area contributed by atoms with Gasteiger partial charge in [-0.1, -0.05) is 0 Å². The fourth-order valence-electron chi connectivity index (χ4n) is 0.703. The van der Waals surface area contributed by atoms with Crippen molar-refractivity contribution in [3.8, 4) is 6.07 Å². The topological polar surface area (TPSA) is 82.4 Å². The van der Waals surface area contributed by atoms with Gasteiger partial charge in [-0.25, -0.2) is 0 Å². The fourth-order valence-corrected chi connectivity index (χ4v) is 0.703. The third kappa shape index (κ3) is 8.79. The van der Waals surface area contributed by atoms with Crippen LogP contribution < -0.4 is 5.32 Å². The highest BCUT2D eigenvalue weighted by Crippen LogP contribution is 1.81. The maximum atomic E-state index is 10.7. The standard InChI is InChI=1S/C8H14N2O3/c9-3-2-8(12)10-4-1-6-13-7-5-11/h11H,1-2,4-7H2,(H,10,12). The first-order valence-corrected chi connectivity index (χ1v) is 4.13. The zero-order valence-corrected chi connectivity index (χ0v) is 7.45. The Morgan fingerprint density at radius 2 is 2.31 bits per heavy atom. The summed E-state index contributed by atoms with van der Waals surface area (Å²) < 4.78 is 4.96. The first-order valence-electron chi connectivity index (χ1n) is 4.13. The van der Waals surface area contributed by atoms with Crippen molar-refractivity contribution in [2.24, 2.45) is 0 Å². The molecule has 0 aliphatic rings. The second-order valence-corrected chi connectivity index (χ2v) is 2.37. The van der Waals surface area contributed by atoms with Gasteiger partial charge in [0.05, 0.1) is 19.3 Å². The van der Waals surface area contributed by atoms with Crippen LogP contribution in [0.4, 0.5) is 0 Å². The lowest BCUT2D eigenvalue weighted by Crippen LogP contribution is -2.24. The van der Waals surface area contributed by atoms with Gasteiger partial charge in [0.2, 0.25) is 5.91 Å². The Morgan fingerprint density at radius 1 is 1.54 bits per heavy atom. The van der Waals surface area contributed by atoms with E-state index in [0.717, 1.165) is 0 Å². The summed E-state index contributed by atoms with van der Waals surface area (Å²) in [5.41, 5.74) is 0. The second kappa shape index (κ2) is 8.97. The molecule has 0 rings (SSSR count). The van der Waals surface area contributed by atoms with Crippen LogP contribution in [0.25, 0.3) is 0 Å². The van der Waals surface area contributed by atoms with Crippen LogP contribution in [0.1, 0.15) is 12.8 Å². The third-order valence-corrected chi connectivity index (χ3v) is 1.26. The Morgan fingerprint density at radius 3 is 2.92 bits per heavy atom. The molecule has 5 heteroatoms. The molecule has 0 bridgehead atoms. The van der Waals surface area contributed by atoms with Gasteiger partial charge in [0.1, 0.15) is 6.42 Å². The number of nitriles is 1. The summed E-state index contributed by atoms with van der Waals surface area (Å²) in [6.07, 6.45) is 0.592. The van der Waals surface area contributed by atoms with Gasteiger partial charge in [-0.05, 0) is 6.42 Å². The van der Waals surface area contributed by atoms with Crippen LogP contribution in [0.3, 0.4) is 0 Å². The summed E-state index contributed by atoms with van der Waals surface area (Å²) in [6, 6.07) is 1.75. The lowest BCUT2D eigenvalue weighted by Gasteiger charge is -2.02. The molecule has 13 heavy (non-hydrogen) atoms. The number of carbonyl (C=O) groups excluding carboxylic acids is 1. The van der Waals surface area contributed by atoms with Crippen molar-refractivity contribution in [1.82, 2.24) is 5.32 Å². The highest BCUT2D eigenvalue weighted by molar-refractivity contribution is 5.77. The van der Waals surface area contributed by atoms with Crippen molar-refractivity contribution >= 4 is 5.91 Å². The minimum atomic E-state index is -0.260. The summed E-state index contributed by atoms with van der Waals surface area (Å²) in [5.74, 6) is -0.260. The van der Waals surface area contributed by atoms with Gasteiger partial charge in [-0.3, -0.25) is 4.79 Å². The predicted molar refractivity (Wildman–Crippen MR) is 45.8 cm³/mol. The maximum Gasteiger partial charge on any atom is 0.234 e. The molecular formula is C8H14N2O3. The molecule has 0 saturated heterocycles. The molecule has 0 saturated carbocycles. The van der Waals surface area contributed by atoms with E-state index in [1.54, 1.807) is 6.07 Å². The average molecular weight is 186 g/mol. The summed E-state index contributed by atoms with van der Waals surface area (Å²) in [7, 11) is 0. The van der Waals surface area contributed by atoms with E-state index in [9.17, 15) is 4.79 Å². The number of nitrogens with one attached hydrogen (secondary N) is 1. The minimum Gasteiger partial charge on any atom is -0.394 e. The molecule has 0 aliphatic carbocycles. The molecule has 5 nitrogen and oxygen atoms in total. The van der Waals surface area contributed by atoms with Crippen molar-refractivity contribution in [3.63, 3.8) is 0 Å². The molecular weight excluding hydrogens is 172 g/mol. The Labute approximate surface area is 77.3 Å². The number of aliphatic hydroxyl groups is 1. The van der Waals surface area contributed by atoms with E-state index >= 15 is 0 Å². The summed E-state index contributed by atoms with van der Waals surface area (Å²) >= 11 is 0.